The van der Waals surface area contributed by atoms with Crippen LogP contribution in [0, 0.1) is 5.92 Å². The van der Waals surface area contributed by atoms with Crippen molar-refractivity contribution in [2.24, 2.45) is 11.8 Å². The summed E-state index contributed by atoms with van der Waals surface area (Å²) in [5.41, 5.74) is 14.8. The minimum absolute atomic E-state index is 0.464. The first-order valence-corrected chi connectivity index (χ1v) is 21.0. The molecule has 12 rings (SSSR count). The van der Waals surface area contributed by atoms with Gasteiger partial charge in [0, 0.05) is 44.6 Å². The molecule has 5 heteroatoms. The molecule has 0 radical (unpaired) electrons. The van der Waals surface area contributed by atoms with E-state index in [9.17, 15) is 0 Å². The van der Waals surface area contributed by atoms with Gasteiger partial charge in [0.05, 0.1) is 33.2 Å². The van der Waals surface area contributed by atoms with Gasteiger partial charge in [-0.3, -0.25) is 5.84 Å². The van der Waals surface area contributed by atoms with E-state index in [1.54, 1.807) is 0 Å². The molecule has 0 saturated heterocycles. The van der Waals surface area contributed by atoms with Gasteiger partial charge in [-0.1, -0.05) is 164 Å². The van der Waals surface area contributed by atoms with Crippen molar-refractivity contribution in [1.29, 1.82) is 0 Å². The van der Waals surface area contributed by atoms with Gasteiger partial charge in [-0.15, -0.1) is 0 Å². The standard InChI is InChI=1S/C50H36N2O.C6H8N2/c1-2-15-33(32-34-16-4-3-5-17-34)30-31-51-43-24-10-6-18-35(43)38-28-29-42-49(48(38)51)53-46-27-13-9-22-40(46)50(42)39-21-8-12-26-45(39)52-44-25-11-7-19-36(44)37-20-14-23-41(50)47(37)52;7-8-6-4-2-1-3-5-6/h2-16,18-31,34H,1,17,32H2;1-5,8H,7H2/b31-30-,33-15+;. The number of allylic oxidation sites excluding steroid dienone is 8. The molecular weight excluding hydrogens is 745 g/mol. The summed E-state index contributed by atoms with van der Waals surface area (Å²) < 4.78 is 12.1. The highest BCUT2D eigenvalue weighted by atomic mass is 16.5. The highest BCUT2D eigenvalue weighted by Gasteiger charge is 2.50. The van der Waals surface area contributed by atoms with Crippen LogP contribution in [0.4, 0.5) is 5.69 Å². The number of hydrogen-bond donors (Lipinski definition) is 2. The van der Waals surface area contributed by atoms with E-state index in [-0.39, 0.29) is 0 Å². The van der Waals surface area contributed by atoms with Crippen molar-refractivity contribution in [2.75, 3.05) is 5.43 Å². The third-order valence-corrected chi connectivity index (χ3v) is 12.7. The minimum atomic E-state index is -0.626. The monoisotopic (exact) mass is 788 g/mol. The van der Waals surface area contributed by atoms with E-state index in [0.717, 1.165) is 52.2 Å². The largest absolute Gasteiger partial charge is 0.454 e. The Labute approximate surface area is 355 Å². The number of ether oxygens (including phenoxy) is 1. The number of fused-ring (bicyclic) bond motifs is 15. The molecule has 3 aliphatic rings. The molecule has 1 aliphatic carbocycles. The number of anilines is 1. The van der Waals surface area contributed by atoms with E-state index in [2.05, 4.69) is 191 Å². The van der Waals surface area contributed by atoms with Crippen molar-refractivity contribution in [2.45, 2.75) is 18.3 Å². The highest BCUT2D eigenvalue weighted by Crippen LogP contribution is 2.61. The van der Waals surface area contributed by atoms with Crippen LogP contribution in [0.15, 0.2) is 212 Å². The Hall–Kier alpha value is -7.60. The van der Waals surface area contributed by atoms with Crippen molar-refractivity contribution in [3.8, 4) is 17.2 Å². The molecular formula is C56H44N4O. The van der Waals surface area contributed by atoms with Gasteiger partial charge in [-0.2, -0.15) is 0 Å². The van der Waals surface area contributed by atoms with Crippen LogP contribution in [0.3, 0.4) is 0 Å². The summed E-state index contributed by atoms with van der Waals surface area (Å²) in [7, 11) is 0. The van der Waals surface area contributed by atoms with Gasteiger partial charge in [0.2, 0.25) is 0 Å². The van der Waals surface area contributed by atoms with E-state index in [4.69, 9.17) is 10.6 Å². The van der Waals surface area contributed by atoms with Gasteiger partial charge >= 0.3 is 0 Å². The number of nitrogens with zero attached hydrogens (tertiary/aromatic N) is 2. The summed E-state index contributed by atoms with van der Waals surface area (Å²) in [6.07, 6.45) is 19.4. The summed E-state index contributed by atoms with van der Waals surface area (Å²) in [6.45, 7) is 4.06. The fourth-order valence-electron chi connectivity index (χ4n) is 10.1. The first-order chi connectivity index (χ1) is 30.2. The first-order valence-electron chi connectivity index (χ1n) is 21.0. The van der Waals surface area contributed by atoms with Gasteiger partial charge in [-0.25, -0.2) is 0 Å². The van der Waals surface area contributed by atoms with Gasteiger partial charge in [0.1, 0.15) is 5.75 Å². The molecule has 0 bridgehead atoms. The highest BCUT2D eigenvalue weighted by molar-refractivity contribution is 6.14. The smallest absolute Gasteiger partial charge is 0.156 e. The van der Waals surface area contributed by atoms with Crippen molar-refractivity contribution in [3.63, 3.8) is 0 Å². The topological polar surface area (TPSA) is 57.1 Å². The molecule has 4 heterocycles. The molecule has 7 aromatic carbocycles. The Bertz CT molecular complexity index is 3310. The fraction of sp³-hybridized carbons (Fsp3) is 0.0714. The Balaban J connectivity index is 0.000000475. The molecule has 5 nitrogen and oxygen atoms in total. The third-order valence-electron chi connectivity index (χ3n) is 12.7. The second-order valence-electron chi connectivity index (χ2n) is 16.0. The maximum absolute atomic E-state index is 7.21. The van der Waals surface area contributed by atoms with Gasteiger partial charge < -0.3 is 19.3 Å². The number of para-hydroxylation sites is 6. The molecule has 61 heavy (non-hydrogen) atoms. The molecule has 2 unspecified atom stereocenters. The first kappa shape index (κ1) is 36.5. The predicted octanol–water partition coefficient (Wildman–Crippen LogP) is 13.8. The number of benzene rings is 7. The number of nitrogens with one attached hydrogen (secondary N) is 1. The average Bonchev–Trinajstić information content (AvgIpc) is 3.84. The van der Waals surface area contributed by atoms with Crippen molar-refractivity contribution in [3.05, 3.63) is 235 Å². The molecule has 294 valence electrons. The lowest BCUT2D eigenvalue weighted by Crippen LogP contribution is -2.37. The number of nitrogen functional groups attached to an aromatic ring is 1. The van der Waals surface area contributed by atoms with Crippen LogP contribution in [-0.4, -0.2) is 9.13 Å². The average molecular weight is 789 g/mol. The van der Waals surface area contributed by atoms with Crippen molar-refractivity contribution >= 4 is 55.5 Å². The summed E-state index contributed by atoms with van der Waals surface area (Å²) in [5, 5.41) is 4.90. The zero-order valence-electron chi connectivity index (χ0n) is 33.7. The van der Waals surface area contributed by atoms with Crippen LogP contribution in [0.5, 0.6) is 11.5 Å². The van der Waals surface area contributed by atoms with Crippen LogP contribution < -0.4 is 16.0 Å². The zero-order valence-corrected chi connectivity index (χ0v) is 33.7. The third kappa shape index (κ3) is 5.66. The van der Waals surface area contributed by atoms with Gasteiger partial charge in [0.15, 0.2) is 5.75 Å². The van der Waals surface area contributed by atoms with Gasteiger partial charge in [-0.05, 0) is 77.9 Å². The van der Waals surface area contributed by atoms with Crippen LogP contribution in [0.2, 0.25) is 0 Å². The Morgan fingerprint density at radius 3 is 2.15 bits per heavy atom. The number of nitrogens with two attached hydrogens (primary N) is 1. The van der Waals surface area contributed by atoms with Crippen LogP contribution >= 0.6 is 0 Å². The lowest BCUT2D eigenvalue weighted by molar-refractivity contribution is 0.438. The molecule has 3 N–H and O–H groups in total. The summed E-state index contributed by atoms with van der Waals surface area (Å²) in [6, 6.07) is 56.3. The maximum Gasteiger partial charge on any atom is 0.156 e. The number of hydrazine groups is 1. The van der Waals surface area contributed by atoms with Crippen LogP contribution in [0.25, 0.3) is 55.5 Å². The lowest BCUT2D eigenvalue weighted by Gasteiger charge is -2.45. The Morgan fingerprint density at radius 2 is 1.36 bits per heavy atom. The van der Waals surface area contributed by atoms with E-state index < -0.39 is 5.41 Å². The molecule has 0 amide bonds. The van der Waals surface area contributed by atoms with Crippen molar-refractivity contribution in [1.82, 2.24) is 9.13 Å². The van der Waals surface area contributed by atoms with E-state index in [1.165, 1.54) is 55.0 Å². The summed E-state index contributed by atoms with van der Waals surface area (Å²) in [4.78, 5) is 0. The Kier molecular flexibility index (Phi) is 8.91. The number of aromatic nitrogens is 2. The molecule has 1 spiro atoms. The van der Waals surface area contributed by atoms with Crippen molar-refractivity contribution < 1.29 is 4.74 Å². The maximum atomic E-state index is 7.21. The molecule has 2 atom stereocenters. The van der Waals surface area contributed by atoms with Gasteiger partial charge in [0.25, 0.3) is 0 Å². The number of hydrogen-bond acceptors (Lipinski definition) is 3. The molecule has 0 fully saturated rings. The number of rotatable bonds is 6. The van der Waals surface area contributed by atoms with Crippen LogP contribution in [0.1, 0.15) is 35.1 Å². The van der Waals surface area contributed by atoms with E-state index >= 15 is 0 Å². The van der Waals surface area contributed by atoms with Crippen LogP contribution in [-0.2, 0) is 5.41 Å². The Morgan fingerprint density at radius 1 is 0.672 bits per heavy atom. The molecule has 9 aromatic rings. The molecule has 2 aromatic heterocycles. The second kappa shape index (κ2) is 14.9. The zero-order chi connectivity index (χ0) is 40.9. The molecule has 0 saturated carbocycles. The minimum Gasteiger partial charge on any atom is -0.454 e. The second-order valence-corrected chi connectivity index (χ2v) is 16.0. The lowest BCUT2D eigenvalue weighted by atomic mass is 9.61. The molecule has 2 aliphatic heterocycles. The SMILES string of the molecule is C=C/C=C(\C=C/n1c2ccccc2c2ccc3c(c21)Oc1ccccc1C31c2ccccc2-n2c3ccccc3c3cccc1c32)CC1C=CC=CC1.NNc1ccccc1. The normalized spacial score (nSPS) is 17.3. The van der Waals surface area contributed by atoms with E-state index in [1.807, 2.05) is 36.4 Å². The quantitative estimate of drug-likeness (QED) is 0.100. The van der Waals surface area contributed by atoms with E-state index in [0.29, 0.717) is 5.92 Å². The summed E-state index contributed by atoms with van der Waals surface area (Å²) in [5.74, 6) is 7.34. The summed E-state index contributed by atoms with van der Waals surface area (Å²) >= 11 is 0. The predicted molar refractivity (Wildman–Crippen MR) is 255 cm³/mol. The fourth-order valence-corrected chi connectivity index (χ4v) is 10.1.